The lowest BCUT2D eigenvalue weighted by Crippen LogP contribution is -2.42. The van der Waals surface area contributed by atoms with Crippen LogP contribution in [0.2, 0.25) is 0 Å². The number of likely N-dealkylation sites (tertiary alicyclic amines) is 1. The van der Waals surface area contributed by atoms with Crippen molar-refractivity contribution < 1.29 is 17.6 Å². The van der Waals surface area contributed by atoms with Crippen LogP contribution in [0.5, 0.6) is 0 Å². The van der Waals surface area contributed by atoms with E-state index in [1.54, 1.807) is 18.4 Å². The highest BCUT2D eigenvalue weighted by Crippen LogP contribution is 2.39. The lowest BCUT2D eigenvalue weighted by molar-refractivity contribution is -0.137. The molecule has 35 heavy (non-hydrogen) atoms. The first-order valence-corrected chi connectivity index (χ1v) is 11.5. The predicted molar refractivity (Wildman–Crippen MR) is 129 cm³/mol. The number of nitrogens with two attached hydrogens (primary N) is 1. The van der Waals surface area contributed by atoms with Crippen LogP contribution in [0, 0.1) is 11.3 Å². The third-order valence-corrected chi connectivity index (χ3v) is 6.58. The van der Waals surface area contributed by atoms with Crippen LogP contribution in [0.3, 0.4) is 0 Å². The summed E-state index contributed by atoms with van der Waals surface area (Å²) in [5.41, 5.74) is 10.9. The van der Waals surface area contributed by atoms with Crippen LogP contribution in [0.4, 0.5) is 13.2 Å². The number of benzene rings is 3. The van der Waals surface area contributed by atoms with E-state index < -0.39 is 11.7 Å². The number of furan rings is 1. The van der Waals surface area contributed by atoms with Gasteiger partial charge in [-0.25, -0.2) is 0 Å². The van der Waals surface area contributed by atoms with Crippen molar-refractivity contribution in [3.05, 3.63) is 83.6 Å². The molecule has 7 heteroatoms. The highest BCUT2D eigenvalue weighted by Gasteiger charge is 2.30. The molecular weight excluding hydrogens is 451 g/mol. The Balaban J connectivity index is 1.60. The molecule has 1 saturated heterocycles. The Morgan fingerprint density at radius 1 is 1.00 bits per heavy atom. The maximum atomic E-state index is 13.1. The first-order valence-electron chi connectivity index (χ1n) is 11.5. The van der Waals surface area contributed by atoms with Crippen molar-refractivity contribution in [1.29, 1.82) is 5.26 Å². The molecule has 5 rings (SSSR count). The number of hydrogen-bond acceptors (Lipinski definition) is 4. The van der Waals surface area contributed by atoms with Crippen LogP contribution in [0.1, 0.15) is 29.5 Å². The van der Waals surface area contributed by atoms with Crippen molar-refractivity contribution in [2.24, 2.45) is 5.73 Å². The number of fused-ring (bicyclic) bond motifs is 1. The highest BCUT2D eigenvalue weighted by atomic mass is 19.4. The third kappa shape index (κ3) is 4.81. The Kier molecular flexibility index (Phi) is 6.10. The second kappa shape index (κ2) is 9.21. The van der Waals surface area contributed by atoms with Crippen LogP contribution in [-0.4, -0.2) is 24.0 Å². The van der Waals surface area contributed by atoms with Gasteiger partial charge < -0.3 is 10.2 Å². The van der Waals surface area contributed by atoms with E-state index in [-0.39, 0.29) is 6.04 Å². The van der Waals surface area contributed by atoms with Crippen LogP contribution in [0.25, 0.3) is 33.2 Å². The van der Waals surface area contributed by atoms with Gasteiger partial charge in [-0.3, -0.25) is 4.90 Å². The van der Waals surface area contributed by atoms with Crippen molar-refractivity contribution in [2.75, 3.05) is 13.1 Å². The van der Waals surface area contributed by atoms with E-state index >= 15 is 0 Å². The van der Waals surface area contributed by atoms with Gasteiger partial charge in [0.25, 0.3) is 0 Å². The fourth-order valence-electron chi connectivity index (χ4n) is 4.77. The quantitative estimate of drug-likeness (QED) is 0.362. The molecule has 0 unspecified atom stereocenters. The molecule has 178 valence electrons. The molecule has 4 aromatic rings. The largest absolute Gasteiger partial charge is 0.464 e. The zero-order valence-corrected chi connectivity index (χ0v) is 19.0. The van der Waals surface area contributed by atoms with E-state index in [0.29, 0.717) is 23.3 Å². The van der Waals surface area contributed by atoms with Gasteiger partial charge >= 0.3 is 6.18 Å². The summed E-state index contributed by atoms with van der Waals surface area (Å²) in [5.74, 6) is 0. The van der Waals surface area contributed by atoms with Crippen LogP contribution in [0.15, 0.2) is 71.3 Å². The van der Waals surface area contributed by atoms with Crippen molar-refractivity contribution in [3.63, 3.8) is 0 Å². The van der Waals surface area contributed by atoms with Gasteiger partial charge in [0, 0.05) is 30.1 Å². The molecular formula is C28H24F3N3O. The van der Waals surface area contributed by atoms with E-state index in [1.807, 2.05) is 24.3 Å². The van der Waals surface area contributed by atoms with Crippen molar-refractivity contribution in [3.8, 4) is 28.3 Å². The summed E-state index contributed by atoms with van der Waals surface area (Å²) < 4.78 is 45.2. The van der Waals surface area contributed by atoms with E-state index in [4.69, 9.17) is 10.2 Å². The Morgan fingerprint density at radius 3 is 2.29 bits per heavy atom. The van der Waals surface area contributed by atoms with E-state index in [2.05, 4.69) is 11.0 Å². The van der Waals surface area contributed by atoms with E-state index in [1.165, 1.54) is 12.1 Å². The molecule has 0 radical (unpaired) electrons. The van der Waals surface area contributed by atoms with Crippen LogP contribution >= 0.6 is 0 Å². The molecule has 1 aliphatic rings. The minimum absolute atomic E-state index is 0.169. The van der Waals surface area contributed by atoms with Crippen molar-refractivity contribution >= 4 is 11.0 Å². The number of halogens is 3. The molecule has 4 nitrogen and oxygen atoms in total. The van der Waals surface area contributed by atoms with Gasteiger partial charge in [-0.15, -0.1) is 0 Å². The number of piperidine rings is 1. The number of nitrogens with zero attached hydrogens (tertiary/aromatic N) is 2. The summed E-state index contributed by atoms with van der Waals surface area (Å²) in [7, 11) is 0. The molecule has 3 aromatic carbocycles. The standard InChI is InChI=1S/C28H24F3N3O/c29-28(30,31)22-9-7-20(8-10-22)25-13-27-26(12-24(25)19-5-3-18(14-32)4-6-19)21(17-35-27)15-34-11-1-2-23(33)16-34/h3-10,12-13,17,23H,1-2,11,15-16,33H2/t23-/m0/s1. The number of nitriles is 1. The fourth-order valence-corrected chi connectivity index (χ4v) is 4.77. The van der Waals surface area contributed by atoms with Crippen molar-refractivity contribution in [1.82, 2.24) is 4.90 Å². The minimum Gasteiger partial charge on any atom is -0.464 e. The Hall–Kier alpha value is -3.60. The maximum absolute atomic E-state index is 13.1. The second-order valence-corrected chi connectivity index (χ2v) is 9.06. The summed E-state index contributed by atoms with van der Waals surface area (Å²) in [4.78, 5) is 2.32. The van der Waals surface area contributed by atoms with Crippen LogP contribution < -0.4 is 5.73 Å². The van der Waals surface area contributed by atoms with Crippen LogP contribution in [-0.2, 0) is 12.7 Å². The van der Waals surface area contributed by atoms with Gasteiger partial charge in [0.15, 0.2) is 0 Å². The van der Waals surface area contributed by atoms with Gasteiger partial charge in [-0.1, -0.05) is 24.3 Å². The van der Waals surface area contributed by atoms with E-state index in [9.17, 15) is 18.4 Å². The average molecular weight is 476 g/mol. The Labute approximate surface area is 201 Å². The monoisotopic (exact) mass is 475 g/mol. The molecule has 1 atom stereocenters. The molecule has 0 amide bonds. The molecule has 0 spiro atoms. The zero-order chi connectivity index (χ0) is 24.6. The summed E-state index contributed by atoms with van der Waals surface area (Å²) in [5, 5.41) is 10.1. The lowest BCUT2D eigenvalue weighted by Gasteiger charge is -2.30. The Bertz CT molecular complexity index is 1380. The summed E-state index contributed by atoms with van der Waals surface area (Å²) >= 11 is 0. The average Bonchev–Trinajstić information content (AvgIpc) is 3.24. The molecule has 0 saturated carbocycles. The first kappa shape index (κ1) is 23.2. The Morgan fingerprint density at radius 2 is 1.66 bits per heavy atom. The number of alkyl halides is 3. The number of rotatable bonds is 4. The molecule has 0 aliphatic carbocycles. The molecule has 2 heterocycles. The molecule has 2 N–H and O–H groups in total. The van der Waals surface area contributed by atoms with Gasteiger partial charge in [-0.2, -0.15) is 18.4 Å². The van der Waals surface area contributed by atoms with Gasteiger partial charge in [-0.05, 0) is 78.0 Å². The third-order valence-electron chi connectivity index (χ3n) is 6.58. The number of hydrogen-bond donors (Lipinski definition) is 1. The van der Waals surface area contributed by atoms with E-state index in [0.717, 1.165) is 65.7 Å². The molecule has 1 aliphatic heterocycles. The molecule has 1 aromatic heterocycles. The second-order valence-electron chi connectivity index (χ2n) is 9.06. The van der Waals surface area contributed by atoms with Gasteiger partial charge in [0.2, 0.25) is 0 Å². The van der Waals surface area contributed by atoms with Gasteiger partial charge in [0.1, 0.15) is 5.58 Å². The molecule has 1 fully saturated rings. The minimum atomic E-state index is -4.40. The topological polar surface area (TPSA) is 66.2 Å². The fraction of sp³-hybridized carbons (Fsp3) is 0.250. The van der Waals surface area contributed by atoms with Gasteiger partial charge in [0.05, 0.1) is 23.5 Å². The smallest absolute Gasteiger partial charge is 0.416 e. The SMILES string of the molecule is N#Cc1ccc(-c2cc3c(CN4CCC[C@H](N)C4)coc3cc2-c2ccc(C(F)(F)F)cc2)cc1. The molecule has 0 bridgehead atoms. The van der Waals surface area contributed by atoms with Crippen molar-refractivity contribution in [2.45, 2.75) is 31.6 Å². The first-order chi connectivity index (χ1) is 16.8. The maximum Gasteiger partial charge on any atom is 0.416 e. The summed E-state index contributed by atoms with van der Waals surface area (Å²) in [6, 6.07) is 18.5. The highest BCUT2D eigenvalue weighted by molar-refractivity contribution is 5.95. The predicted octanol–water partition coefficient (Wildman–Crippen LogP) is 6.58. The normalized spacial score (nSPS) is 16.9. The summed E-state index contributed by atoms with van der Waals surface area (Å²) in [6.45, 7) is 2.53. The zero-order valence-electron chi connectivity index (χ0n) is 19.0. The lowest BCUT2D eigenvalue weighted by atomic mass is 9.91. The summed E-state index contributed by atoms with van der Waals surface area (Å²) in [6.07, 6.45) is -0.553.